The molecule has 3 nitrogen and oxygen atoms in total. The van der Waals surface area contributed by atoms with E-state index in [1.54, 1.807) is 20.8 Å². The van der Waals surface area contributed by atoms with Crippen LogP contribution in [0.5, 0.6) is 0 Å². The van der Waals surface area contributed by atoms with Gasteiger partial charge in [-0.1, -0.05) is 0 Å². The number of aromatic nitrogens is 1. The summed E-state index contributed by atoms with van der Waals surface area (Å²) in [6.45, 7) is 6.20. The van der Waals surface area contributed by atoms with Crippen molar-refractivity contribution in [3.8, 4) is 0 Å². The van der Waals surface area contributed by atoms with Crippen molar-refractivity contribution in [1.82, 2.24) is 4.98 Å². The second kappa shape index (κ2) is 5.22. The third-order valence-electron chi connectivity index (χ3n) is 2.06. The second-order valence-corrected chi connectivity index (χ2v) is 6.90. The first kappa shape index (κ1) is 14.9. The van der Waals surface area contributed by atoms with Gasteiger partial charge in [-0.25, -0.2) is 4.21 Å². The zero-order chi connectivity index (χ0) is 14.0. The Labute approximate surface area is 108 Å². The summed E-state index contributed by atoms with van der Waals surface area (Å²) in [6.07, 6.45) is 2.67. The molecule has 1 heterocycles. The molecular formula is C12H16F2N2OS. The number of pyridine rings is 1. The molecule has 0 unspecified atom stereocenters. The van der Waals surface area contributed by atoms with Crippen LogP contribution in [0.2, 0.25) is 0 Å². The standard InChI is InChI=1S/C12H16F2N2OS/c1-11(2,3)18(17)16-8-9-5-6-10(15-7-9)12(4,13)14/h5-8H,1-4H3/t18-/m1/s1. The maximum atomic E-state index is 12.9. The van der Waals surface area contributed by atoms with Crippen LogP contribution in [0.3, 0.4) is 0 Å². The Balaban J connectivity index is 2.82. The van der Waals surface area contributed by atoms with E-state index in [0.29, 0.717) is 5.56 Å². The lowest BCUT2D eigenvalue weighted by atomic mass is 10.2. The highest BCUT2D eigenvalue weighted by Gasteiger charge is 2.25. The van der Waals surface area contributed by atoms with E-state index in [1.165, 1.54) is 24.5 Å². The molecule has 0 saturated heterocycles. The third kappa shape index (κ3) is 4.25. The molecule has 0 fully saturated rings. The normalized spacial score (nSPS) is 15.0. The molecular weight excluding hydrogens is 258 g/mol. The summed E-state index contributed by atoms with van der Waals surface area (Å²) < 4.78 is 40.9. The summed E-state index contributed by atoms with van der Waals surface area (Å²) in [5.74, 6) is -2.95. The van der Waals surface area contributed by atoms with Gasteiger partial charge in [0.05, 0.1) is 4.75 Å². The highest BCUT2D eigenvalue weighted by Crippen LogP contribution is 2.24. The Morgan fingerprint density at radius 1 is 1.28 bits per heavy atom. The summed E-state index contributed by atoms with van der Waals surface area (Å²) in [5, 5.41) is 0. The highest BCUT2D eigenvalue weighted by molar-refractivity contribution is 7.85. The van der Waals surface area contributed by atoms with E-state index in [1.807, 2.05) is 0 Å². The van der Waals surface area contributed by atoms with Gasteiger partial charge in [0.1, 0.15) is 16.7 Å². The molecule has 1 aromatic rings. The first-order valence-electron chi connectivity index (χ1n) is 5.41. The molecule has 18 heavy (non-hydrogen) atoms. The monoisotopic (exact) mass is 274 g/mol. The molecule has 0 saturated carbocycles. The summed E-state index contributed by atoms with van der Waals surface area (Å²) in [6, 6.07) is 2.71. The Bertz CT molecular complexity index is 458. The maximum Gasteiger partial charge on any atom is 0.286 e. The fourth-order valence-electron chi connectivity index (χ4n) is 1.01. The van der Waals surface area contributed by atoms with E-state index in [-0.39, 0.29) is 5.69 Å². The van der Waals surface area contributed by atoms with Crippen LogP contribution in [0.25, 0.3) is 0 Å². The summed E-state index contributed by atoms with van der Waals surface area (Å²) in [4.78, 5) is 3.65. The lowest BCUT2D eigenvalue weighted by Crippen LogP contribution is -2.19. The Morgan fingerprint density at radius 3 is 2.28 bits per heavy atom. The van der Waals surface area contributed by atoms with Gasteiger partial charge in [0.15, 0.2) is 0 Å². The van der Waals surface area contributed by atoms with Crippen LogP contribution >= 0.6 is 0 Å². The van der Waals surface area contributed by atoms with Crippen LogP contribution in [0.15, 0.2) is 22.7 Å². The van der Waals surface area contributed by atoms with Gasteiger partial charge in [-0.2, -0.15) is 13.2 Å². The Hall–Kier alpha value is -1.17. The number of halogens is 2. The van der Waals surface area contributed by atoms with Crippen molar-refractivity contribution in [2.24, 2.45) is 4.40 Å². The van der Waals surface area contributed by atoms with Crippen LogP contribution in [-0.2, 0) is 16.9 Å². The molecule has 0 amide bonds. The fourth-order valence-corrected chi connectivity index (χ4v) is 1.54. The van der Waals surface area contributed by atoms with Crippen molar-refractivity contribution in [3.05, 3.63) is 29.6 Å². The van der Waals surface area contributed by atoms with Crippen LogP contribution in [-0.4, -0.2) is 20.2 Å². The Kier molecular flexibility index (Phi) is 4.32. The Morgan fingerprint density at radius 2 is 1.89 bits per heavy atom. The smallest absolute Gasteiger partial charge is 0.254 e. The van der Waals surface area contributed by atoms with Gasteiger partial charge in [-0.3, -0.25) is 4.98 Å². The predicted molar refractivity (Wildman–Crippen MR) is 69.3 cm³/mol. The molecule has 1 atom stereocenters. The van der Waals surface area contributed by atoms with Crippen molar-refractivity contribution < 1.29 is 13.0 Å². The number of nitrogens with zero attached hydrogens (tertiary/aromatic N) is 2. The molecule has 0 aliphatic carbocycles. The molecule has 100 valence electrons. The van der Waals surface area contributed by atoms with Crippen molar-refractivity contribution in [1.29, 1.82) is 0 Å². The van der Waals surface area contributed by atoms with Gasteiger partial charge in [-0.15, -0.1) is 0 Å². The van der Waals surface area contributed by atoms with Crippen molar-refractivity contribution in [2.75, 3.05) is 0 Å². The molecule has 0 aromatic carbocycles. The molecule has 0 radical (unpaired) electrons. The van der Waals surface area contributed by atoms with Gasteiger partial charge in [0, 0.05) is 24.9 Å². The average Bonchev–Trinajstić information content (AvgIpc) is 2.24. The summed E-state index contributed by atoms with van der Waals surface area (Å²) in [5.41, 5.74) is 0.247. The second-order valence-electron chi connectivity index (χ2n) is 4.96. The molecule has 1 aromatic heterocycles. The van der Waals surface area contributed by atoms with Crippen LogP contribution in [0.4, 0.5) is 8.78 Å². The van der Waals surface area contributed by atoms with Gasteiger partial charge >= 0.3 is 0 Å². The number of hydrogen-bond donors (Lipinski definition) is 0. The lowest BCUT2D eigenvalue weighted by Gasteiger charge is -2.12. The minimum atomic E-state index is -2.95. The number of hydrogen-bond acceptors (Lipinski definition) is 2. The van der Waals surface area contributed by atoms with E-state index in [4.69, 9.17) is 0 Å². The van der Waals surface area contributed by atoms with Gasteiger partial charge in [0.25, 0.3) is 5.92 Å². The highest BCUT2D eigenvalue weighted by atomic mass is 32.2. The SMILES string of the molecule is CC(F)(F)c1ccc(C=N[S@](=O)C(C)(C)C)cn1. The zero-order valence-corrected chi connectivity index (χ0v) is 11.6. The van der Waals surface area contributed by atoms with Crippen LogP contribution in [0, 0.1) is 0 Å². The molecule has 0 aliphatic rings. The topological polar surface area (TPSA) is 42.3 Å². The molecule has 0 spiro atoms. The number of alkyl halides is 2. The van der Waals surface area contributed by atoms with Gasteiger partial charge in [-0.05, 0) is 32.9 Å². The minimum Gasteiger partial charge on any atom is -0.254 e. The van der Waals surface area contributed by atoms with Crippen LogP contribution < -0.4 is 0 Å². The zero-order valence-electron chi connectivity index (χ0n) is 10.8. The number of rotatable bonds is 3. The van der Waals surface area contributed by atoms with Gasteiger partial charge < -0.3 is 0 Å². The molecule has 6 heteroatoms. The minimum absolute atomic E-state index is 0.295. The van der Waals surface area contributed by atoms with Crippen molar-refractivity contribution >= 4 is 17.2 Å². The lowest BCUT2D eigenvalue weighted by molar-refractivity contribution is 0.0128. The van der Waals surface area contributed by atoms with Crippen LogP contribution in [0.1, 0.15) is 39.0 Å². The first-order valence-corrected chi connectivity index (χ1v) is 6.52. The molecule has 0 N–H and O–H groups in total. The maximum absolute atomic E-state index is 12.9. The van der Waals surface area contributed by atoms with E-state index in [9.17, 15) is 13.0 Å². The molecule has 1 rings (SSSR count). The third-order valence-corrected chi connectivity index (χ3v) is 3.40. The van der Waals surface area contributed by atoms with E-state index < -0.39 is 21.7 Å². The van der Waals surface area contributed by atoms with E-state index in [0.717, 1.165) is 6.92 Å². The van der Waals surface area contributed by atoms with E-state index in [2.05, 4.69) is 9.38 Å². The van der Waals surface area contributed by atoms with Gasteiger partial charge in [0.2, 0.25) is 0 Å². The van der Waals surface area contributed by atoms with Crippen molar-refractivity contribution in [2.45, 2.75) is 38.4 Å². The average molecular weight is 274 g/mol. The molecule has 0 bridgehead atoms. The first-order chi connectivity index (χ1) is 8.10. The largest absolute Gasteiger partial charge is 0.286 e. The predicted octanol–water partition coefficient (Wildman–Crippen LogP) is 3.07. The quantitative estimate of drug-likeness (QED) is 0.795. The van der Waals surface area contributed by atoms with Crippen molar-refractivity contribution in [3.63, 3.8) is 0 Å². The van der Waals surface area contributed by atoms with E-state index >= 15 is 0 Å². The molecule has 0 aliphatic heterocycles. The summed E-state index contributed by atoms with van der Waals surface area (Å²) >= 11 is 0. The summed E-state index contributed by atoms with van der Waals surface area (Å²) in [7, 11) is -1.37. The fraction of sp³-hybridized carbons (Fsp3) is 0.500.